The molecule has 3 rings (SSSR count). The van der Waals surface area contributed by atoms with Crippen LogP contribution in [-0.4, -0.2) is 29.7 Å². The summed E-state index contributed by atoms with van der Waals surface area (Å²) >= 11 is 5.89. The number of nitrogens with zero attached hydrogens (tertiary/aromatic N) is 1. The number of ether oxygens (including phenoxy) is 2. The van der Waals surface area contributed by atoms with Gasteiger partial charge in [-0.2, -0.15) is 13.2 Å². The Hall–Kier alpha value is -2.45. The Morgan fingerprint density at radius 3 is 2.41 bits per heavy atom. The van der Waals surface area contributed by atoms with Crippen LogP contribution in [0.1, 0.15) is 25.8 Å². The lowest BCUT2D eigenvalue weighted by molar-refractivity contribution is -0.182. The van der Waals surface area contributed by atoms with Gasteiger partial charge < -0.3 is 9.47 Å². The van der Waals surface area contributed by atoms with E-state index in [2.05, 4.69) is 0 Å². The van der Waals surface area contributed by atoms with Gasteiger partial charge in [0.05, 0.1) is 23.2 Å². The number of amides is 1. The summed E-state index contributed by atoms with van der Waals surface area (Å²) in [6, 6.07) is 9.17. The Kier molecular flexibility index (Phi) is 6.24. The molecule has 0 aromatic heterocycles. The van der Waals surface area contributed by atoms with Gasteiger partial charge in [0.25, 0.3) is 5.91 Å². The number of hydrogen-bond donors (Lipinski definition) is 0. The summed E-state index contributed by atoms with van der Waals surface area (Å²) in [5.41, 5.74) is -0.853. The van der Waals surface area contributed by atoms with Crippen molar-refractivity contribution in [3.05, 3.63) is 53.1 Å². The van der Waals surface area contributed by atoms with E-state index in [0.29, 0.717) is 18.1 Å². The molecular weight excluding hydrogens is 411 g/mol. The van der Waals surface area contributed by atoms with Crippen LogP contribution >= 0.6 is 11.6 Å². The fraction of sp³-hybridized carbons (Fsp3) is 0.350. The molecule has 29 heavy (non-hydrogen) atoms. The van der Waals surface area contributed by atoms with Crippen molar-refractivity contribution < 1.29 is 32.3 Å². The Labute approximate surface area is 170 Å². The highest BCUT2D eigenvalue weighted by atomic mass is 35.5. The SMILES string of the molecule is CC(Oc1ccc(Oc2ccc(C(F)(F)F)cc2Cl)cc1)C(=O)N1OCCC1C. The summed E-state index contributed by atoms with van der Waals surface area (Å²) < 4.78 is 49.3. The molecule has 0 N–H and O–H groups in total. The largest absolute Gasteiger partial charge is 0.481 e. The molecular formula is C20H19ClF3NO4. The summed E-state index contributed by atoms with van der Waals surface area (Å²) in [7, 11) is 0. The highest BCUT2D eigenvalue weighted by Crippen LogP contribution is 2.36. The first-order valence-corrected chi connectivity index (χ1v) is 9.30. The quantitative estimate of drug-likeness (QED) is 0.632. The number of halogens is 4. The average Bonchev–Trinajstić information content (AvgIpc) is 3.09. The zero-order chi connectivity index (χ0) is 21.2. The van der Waals surface area contributed by atoms with Gasteiger partial charge in [-0.3, -0.25) is 9.63 Å². The summed E-state index contributed by atoms with van der Waals surface area (Å²) in [5.74, 6) is 0.613. The fourth-order valence-corrected chi connectivity index (χ4v) is 2.97. The molecule has 0 spiro atoms. The summed E-state index contributed by atoms with van der Waals surface area (Å²) in [5, 5.41) is 1.17. The fourth-order valence-electron chi connectivity index (χ4n) is 2.75. The topological polar surface area (TPSA) is 48.0 Å². The van der Waals surface area contributed by atoms with E-state index < -0.39 is 17.8 Å². The molecule has 5 nitrogen and oxygen atoms in total. The molecule has 2 aromatic carbocycles. The highest BCUT2D eigenvalue weighted by Gasteiger charge is 2.32. The standard InChI is InChI=1S/C20H19ClF3NO4/c1-12-9-10-27-25(12)19(26)13(2)28-15-4-6-16(7-5-15)29-18-8-3-14(11-17(18)21)20(22,23)24/h3-8,11-13H,9-10H2,1-2H3. The van der Waals surface area contributed by atoms with Crippen LogP contribution in [0, 0.1) is 0 Å². The maximum atomic E-state index is 12.7. The Morgan fingerprint density at radius 1 is 1.21 bits per heavy atom. The summed E-state index contributed by atoms with van der Waals surface area (Å²) in [4.78, 5) is 17.7. The zero-order valence-electron chi connectivity index (χ0n) is 15.7. The summed E-state index contributed by atoms with van der Waals surface area (Å²) in [6.07, 6.45) is -4.45. The number of alkyl halides is 3. The van der Waals surface area contributed by atoms with Crippen LogP contribution in [0.15, 0.2) is 42.5 Å². The van der Waals surface area contributed by atoms with Gasteiger partial charge in [0.15, 0.2) is 6.10 Å². The Bertz CT molecular complexity index is 873. The molecule has 1 heterocycles. The average molecular weight is 430 g/mol. The molecule has 1 amide bonds. The van der Waals surface area contributed by atoms with Crippen LogP contribution in [0.4, 0.5) is 13.2 Å². The van der Waals surface area contributed by atoms with E-state index in [-0.39, 0.29) is 22.7 Å². The third-order valence-electron chi connectivity index (χ3n) is 4.35. The van der Waals surface area contributed by atoms with Crippen molar-refractivity contribution in [1.82, 2.24) is 5.06 Å². The minimum atomic E-state index is -4.48. The summed E-state index contributed by atoms with van der Waals surface area (Å²) in [6.45, 7) is 4.03. The van der Waals surface area contributed by atoms with Crippen molar-refractivity contribution in [1.29, 1.82) is 0 Å². The molecule has 0 saturated carbocycles. The van der Waals surface area contributed by atoms with Gasteiger partial charge in [-0.15, -0.1) is 0 Å². The highest BCUT2D eigenvalue weighted by molar-refractivity contribution is 6.32. The first-order valence-electron chi connectivity index (χ1n) is 8.92. The first-order chi connectivity index (χ1) is 13.6. The maximum absolute atomic E-state index is 12.7. The van der Waals surface area contributed by atoms with E-state index in [1.165, 1.54) is 5.06 Å². The lowest BCUT2D eigenvalue weighted by atomic mass is 10.2. The molecule has 1 saturated heterocycles. The van der Waals surface area contributed by atoms with E-state index in [4.69, 9.17) is 25.9 Å². The van der Waals surface area contributed by atoms with Gasteiger partial charge in [0, 0.05) is 0 Å². The van der Waals surface area contributed by atoms with Crippen LogP contribution < -0.4 is 9.47 Å². The van der Waals surface area contributed by atoms with Crippen molar-refractivity contribution in [3.63, 3.8) is 0 Å². The van der Waals surface area contributed by atoms with Crippen molar-refractivity contribution in [2.75, 3.05) is 6.61 Å². The van der Waals surface area contributed by atoms with E-state index >= 15 is 0 Å². The molecule has 156 valence electrons. The van der Waals surface area contributed by atoms with Crippen molar-refractivity contribution in [3.8, 4) is 17.2 Å². The molecule has 2 unspecified atom stereocenters. The Balaban J connectivity index is 1.62. The molecule has 0 aliphatic carbocycles. The molecule has 1 aliphatic heterocycles. The van der Waals surface area contributed by atoms with E-state index in [1.54, 1.807) is 31.2 Å². The number of rotatable bonds is 5. The van der Waals surface area contributed by atoms with Crippen LogP contribution in [0.3, 0.4) is 0 Å². The second-order valence-corrected chi connectivity index (χ2v) is 7.02. The van der Waals surface area contributed by atoms with Crippen molar-refractivity contribution >= 4 is 17.5 Å². The second kappa shape index (κ2) is 8.51. The zero-order valence-corrected chi connectivity index (χ0v) is 16.5. The lowest BCUT2D eigenvalue weighted by Gasteiger charge is -2.23. The molecule has 2 aromatic rings. The van der Waals surface area contributed by atoms with Gasteiger partial charge in [0.1, 0.15) is 17.2 Å². The van der Waals surface area contributed by atoms with Gasteiger partial charge in [-0.05, 0) is 62.7 Å². The number of hydrogen-bond acceptors (Lipinski definition) is 4. The minimum Gasteiger partial charge on any atom is -0.481 e. The van der Waals surface area contributed by atoms with Crippen LogP contribution in [0.5, 0.6) is 17.2 Å². The Morgan fingerprint density at radius 2 is 1.86 bits per heavy atom. The van der Waals surface area contributed by atoms with Crippen LogP contribution in [0.25, 0.3) is 0 Å². The van der Waals surface area contributed by atoms with Gasteiger partial charge >= 0.3 is 6.18 Å². The van der Waals surface area contributed by atoms with Crippen molar-refractivity contribution in [2.24, 2.45) is 0 Å². The predicted molar refractivity (Wildman–Crippen MR) is 99.9 cm³/mol. The van der Waals surface area contributed by atoms with Crippen LogP contribution in [-0.2, 0) is 15.8 Å². The molecule has 9 heteroatoms. The number of benzene rings is 2. The van der Waals surface area contributed by atoms with E-state index in [1.807, 2.05) is 6.92 Å². The number of carbonyl (C=O) groups excluding carboxylic acids is 1. The number of hydroxylamine groups is 2. The predicted octanol–water partition coefficient (Wildman–Crippen LogP) is 5.47. The molecule has 0 bridgehead atoms. The van der Waals surface area contributed by atoms with Crippen molar-refractivity contribution in [2.45, 2.75) is 38.6 Å². The van der Waals surface area contributed by atoms with E-state index in [9.17, 15) is 18.0 Å². The second-order valence-electron chi connectivity index (χ2n) is 6.61. The van der Waals surface area contributed by atoms with Gasteiger partial charge in [0.2, 0.25) is 0 Å². The number of carbonyl (C=O) groups is 1. The minimum absolute atomic E-state index is 0.00203. The maximum Gasteiger partial charge on any atom is 0.416 e. The van der Waals surface area contributed by atoms with Crippen LogP contribution in [0.2, 0.25) is 5.02 Å². The normalized spacial score (nSPS) is 17.9. The molecule has 1 aliphatic rings. The molecule has 1 fully saturated rings. The monoisotopic (exact) mass is 429 g/mol. The third kappa shape index (κ3) is 5.13. The first kappa shape index (κ1) is 21.3. The molecule has 0 radical (unpaired) electrons. The van der Waals surface area contributed by atoms with E-state index in [0.717, 1.165) is 24.6 Å². The van der Waals surface area contributed by atoms with Gasteiger partial charge in [-0.1, -0.05) is 11.6 Å². The lowest BCUT2D eigenvalue weighted by Crippen LogP contribution is -2.41. The molecule has 2 atom stereocenters. The van der Waals surface area contributed by atoms with Gasteiger partial charge in [-0.25, -0.2) is 5.06 Å². The third-order valence-corrected chi connectivity index (χ3v) is 4.65. The smallest absolute Gasteiger partial charge is 0.416 e.